The second kappa shape index (κ2) is 6.91. The van der Waals surface area contributed by atoms with Gasteiger partial charge in [-0.05, 0) is 50.4 Å². The molecule has 1 aromatic rings. The van der Waals surface area contributed by atoms with Crippen LogP contribution < -0.4 is 5.32 Å². The minimum Gasteiger partial charge on any atom is -0.377 e. The summed E-state index contributed by atoms with van der Waals surface area (Å²) in [4.78, 5) is 2.53. The normalized spacial score (nSPS) is 28.8. The van der Waals surface area contributed by atoms with Crippen LogP contribution >= 0.6 is 0 Å². The van der Waals surface area contributed by atoms with Gasteiger partial charge in [0.2, 0.25) is 0 Å². The molecule has 1 aromatic carbocycles. The van der Waals surface area contributed by atoms with E-state index in [1.54, 1.807) is 0 Å². The second-order valence-electron chi connectivity index (χ2n) is 6.41. The van der Waals surface area contributed by atoms with Gasteiger partial charge >= 0.3 is 0 Å². The molecule has 0 saturated carbocycles. The number of fused-ring (bicyclic) bond motifs is 1. The van der Waals surface area contributed by atoms with Gasteiger partial charge in [0.1, 0.15) is 0 Å². The summed E-state index contributed by atoms with van der Waals surface area (Å²) in [6, 6.07) is 9.95. The summed E-state index contributed by atoms with van der Waals surface area (Å²) in [5, 5.41) is 3.71. The highest BCUT2D eigenvalue weighted by Crippen LogP contribution is 2.33. The van der Waals surface area contributed by atoms with Crippen molar-refractivity contribution in [1.29, 1.82) is 0 Å². The largest absolute Gasteiger partial charge is 0.377 e. The lowest BCUT2D eigenvalue weighted by Gasteiger charge is -2.40. The van der Waals surface area contributed by atoms with Crippen LogP contribution in [0.5, 0.6) is 0 Å². The molecule has 0 bridgehead atoms. The number of rotatable bonds is 5. The Labute approximate surface area is 128 Å². The summed E-state index contributed by atoms with van der Waals surface area (Å²) in [6.07, 6.45) is 5.31. The molecule has 116 valence electrons. The fourth-order valence-electron chi connectivity index (χ4n) is 3.93. The summed E-state index contributed by atoms with van der Waals surface area (Å²) < 4.78 is 5.82. The molecule has 1 N–H and O–H groups in total. The third-order valence-electron chi connectivity index (χ3n) is 4.99. The van der Waals surface area contributed by atoms with E-state index in [9.17, 15) is 0 Å². The Morgan fingerprint density at radius 3 is 2.90 bits per heavy atom. The number of benzene rings is 1. The van der Waals surface area contributed by atoms with Gasteiger partial charge in [-0.2, -0.15) is 0 Å². The quantitative estimate of drug-likeness (QED) is 0.901. The monoisotopic (exact) mass is 288 g/mol. The Bertz CT molecular complexity index is 456. The van der Waals surface area contributed by atoms with Crippen LogP contribution in [0.4, 0.5) is 0 Å². The van der Waals surface area contributed by atoms with Gasteiger partial charge in [-0.3, -0.25) is 4.90 Å². The Balaban J connectivity index is 1.74. The molecule has 1 fully saturated rings. The van der Waals surface area contributed by atoms with E-state index in [0.29, 0.717) is 18.2 Å². The molecule has 3 heteroatoms. The maximum Gasteiger partial charge on any atom is 0.0702 e. The highest BCUT2D eigenvalue weighted by Gasteiger charge is 2.32. The zero-order valence-electron chi connectivity index (χ0n) is 13.3. The third kappa shape index (κ3) is 3.31. The van der Waals surface area contributed by atoms with Gasteiger partial charge in [-0.15, -0.1) is 0 Å². The maximum absolute atomic E-state index is 5.82. The van der Waals surface area contributed by atoms with Crippen LogP contribution in [0.2, 0.25) is 0 Å². The van der Waals surface area contributed by atoms with Crippen molar-refractivity contribution in [3.63, 3.8) is 0 Å². The Kier molecular flexibility index (Phi) is 4.94. The van der Waals surface area contributed by atoms with Crippen molar-refractivity contribution in [1.82, 2.24) is 10.2 Å². The van der Waals surface area contributed by atoms with E-state index in [1.165, 1.54) is 36.8 Å². The zero-order chi connectivity index (χ0) is 14.7. The van der Waals surface area contributed by atoms with Crippen molar-refractivity contribution in [2.24, 2.45) is 0 Å². The van der Waals surface area contributed by atoms with E-state index >= 15 is 0 Å². The minimum atomic E-state index is 0.439. The first-order chi connectivity index (χ1) is 10.3. The van der Waals surface area contributed by atoms with Crippen molar-refractivity contribution in [2.45, 2.75) is 50.8 Å². The molecule has 2 aliphatic rings. The van der Waals surface area contributed by atoms with Crippen LogP contribution in [0.3, 0.4) is 0 Å². The van der Waals surface area contributed by atoms with Crippen molar-refractivity contribution in [2.75, 3.05) is 26.7 Å². The fraction of sp³-hybridized carbons (Fsp3) is 0.667. The molecule has 0 radical (unpaired) electrons. The van der Waals surface area contributed by atoms with E-state index in [1.807, 2.05) is 0 Å². The van der Waals surface area contributed by atoms with Crippen molar-refractivity contribution in [3.8, 4) is 0 Å². The number of ether oxygens (including phenoxy) is 1. The summed E-state index contributed by atoms with van der Waals surface area (Å²) >= 11 is 0. The molecule has 1 aliphatic heterocycles. The van der Waals surface area contributed by atoms with Crippen LogP contribution in [0.15, 0.2) is 24.3 Å². The number of hydrogen-bond acceptors (Lipinski definition) is 3. The van der Waals surface area contributed by atoms with E-state index in [2.05, 4.69) is 48.5 Å². The van der Waals surface area contributed by atoms with E-state index < -0.39 is 0 Å². The van der Waals surface area contributed by atoms with Gasteiger partial charge in [0.25, 0.3) is 0 Å². The second-order valence-corrected chi connectivity index (χ2v) is 6.41. The highest BCUT2D eigenvalue weighted by atomic mass is 16.5. The molecule has 0 spiro atoms. The Morgan fingerprint density at radius 1 is 1.29 bits per heavy atom. The summed E-state index contributed by atoms with van der Waals surface area (Å²) in [7, 11) is 2.27. The van der Waals surface area contributed by atoms with Gasteiger partial charge in [-0.1, -0.05) is 31.2 Å². The van der Waals surface area contributed by atoms with Crippen molar-refractivity contribution < 1.29 is 4.74 Å². The predicted octanol–water partition coefficient (Wildman–Crippen LogP) is 2.76. The minimum absolute atomic E-state index is 0.439. The first kappa shape index (κ1) is 15.0. The fourth-order valence-corrected chi connectivity index (χ4v) is 3.93. The third-order valence-corrected chi connectivity index (χ3v) is 4.99. The molecule has 3 unspecified atom stereocenters. The molecule has 3 nitrogen and oxygen atoms in total. The zero-order valence-corrected chi connectivity index (χ0v) is 13.3. The lowest BCUT2D eigenvalue weighted by Crippen LogP contribution is -2.47. The number of likely N-dealkylation sites (N-methyl/N-ethyl adjacent to an activating group) is 2. The summed E-state index contributed by atoms with van der Waals surface area (Å²) in [5.74, 6) is 0. The molecular formula is C18H28N2O. The average Bonchev–Trinajstić information content (AvgIpc) is 3.00. The molecule has 1 aliphatic carbocycles. The van der Waals surface area contributed by atoms with Crippen LogP contribution in [0.25, 0.3) is 0 Å². The van der Waals surface area contributed by atoms with Gasteiger partial charge in [0.05, 0.1) is 6.10 Å². The average molecular weight is 288 g/mol. The first-order valence-corrected chi connectivity index (χ1v) is 8.42. The molecular weight excluding hydrogens is 260 g/mol. The van der Waals surface area contributed by atoms with Crippen LogP contribution in [-0.4, -0.2) is 43.8 Å². The standard InChI is InChI=1S/C18H28N2O/c1-3-19-18-16-9-5-4-7-14(16)10-11-17(18)20(2)13-15-8-6-12-21-15/h4-5,7,9,15,17-19H,3,6,8,10-13H2,1-2H3. The van der Waals surface area contributed by atoms with Crippen LogP contribution in [0, 0.1) is 0 Å². The van der Waals surface area contributed by atoms with Crippen LogP contribution in [-0.2, 0) is 11.2 Å². The molecule has 3 atom stereocenters. The lowest BCUT2D eigenvalue weighted by atomic mass is 9.83. The number of nitrogens with zero attached hydrogens (tertiary/aromatic N) is 1. The topological polar surface area (TPSA) is 24.5 Å². The van der Waals surface area contributed by atoms with Crippen molar-refractivity contribution >= 4 is 0 Å². The van der Waals surface area contributed by atoms with Crippen LogP contribution in [0.1, 0.15) is 43.4 Å². The molecule has 21 heavy (non-hydrogen) atoms. The van der Waals surface area contributed by atoms with Gasteiger partial charge in [-0.25, -0.2) is 0 Å². The molecule has 1 saturated heterocycles. The predicted molar refractivity (Wildman–Crippen MR) is 86.6 cm³/mol. The molecule has 3 rings (SSSR count). The molecule has 0 aromatic heterocycles. The van der Waals surface area contributed by atoms with Gasteiger partial charge in [0.15, 0.2) is 0 Å². The maximum atomic E-state index is 5.82. The Morgan fingerprint density at radius 2 is 2.14 bits per heavy atom. The lowest BCUT2D eigenvalue weighted by molar-refractivity contribution is 0.0570. The van der Waals surface area contributed by atoms with E-state index in [0.717, 1.165) is 19.7 Å². The first-order valence-electron chi connectivity index (χ1n) is 8.42. The SMILES string of the molecule is CCNC1c2ccccc2CCC1N(C)CC1CCCO1. The van der Waals surface area contributed by atoms with Gasteiger partial charge < -0.3 is 10.1 Å². The van der Waals surface area contributed by atoms with Crippen molar-refractivity contribution in [3.05, 3.63) is 35.4 Å². The smallest absolute Gasteiger partial charge is 0.0702 e. The van der Waals surface area contributed by atoms with E-state index in [4.69, 9.17) is 4.74 Å². The Hall–Kier alpha value is -0.900. The number of aryl methyl sites for hydroxylation is 1. The highest BCUT2D eigenvalue weighted by molar-refractivity contribution is 5.34. The number of hydrogen-bond donors (Lipinski definition) is 1. The molecule has 1 heterocycles. The summed E-state index contributed by atoms with van der Waals surface area (Å²) in [6.45, 7) is 5.23. The number of nitrogens with one attached hydrogen (secondary N) is 1. The summed E-state index contributed by atoms with van der Waals surface area (Å²) in [5.41, 5.74) is 3.01. The van der Waals surface area contributed by atoms with Gasteiger partial charge in [0, 0.05) is 25.2 Å². The van der Waals surface area contributed by atoms with E-state index in [-0.39, 0.29) is 0 Å². The molecule has 0 amide bonds.